The van der Waals surface area contributed by atoms with Crippen molar-refractivity contribution >= 4 is 52.8 Å². The highest BCUT2D eigenvalue weighted by atomic mass is 32.1. The topological polar surface area (TPSA) is 182 Å². The molecule has 1 unspecified atom stereocenters. The predicted molar refractivity (Wildman–Crippen MR) is 197 cm³/mol. The maximum Gasteiger partial charge on any atom is 0.263 e. The second-order valence-electron chi connectivity index (χ2n) is 12.1. The van der Waals surface area contributed by atoms with Gasteiger partial charge >= 0.3 is 0 Å². The number of nitrogens with zero attached hydrogens (tertiary/aromatic N) is 1. The number of aryl methyl sites for hydroxylation is 1. The molecule has 0 aliphatic rings. The summed E-state index contributed by atoms with van der Waals surface area (Å²) >= 11 is 1.15. The van der Waals surface area contributed by atoms with Crippen molar-refractivity contribution in [3.05, 3.63) is 113 Å². The summed E-state index contributed by atoms with van der Waals surface area (Å²) in [5, 5.41) is 20.9. The van der Waals surface area contributed by atoms with E-state index in [9.17, 15) is 28.8 Å². The molecule has 52 heavy (non-hydrogen) atoms. The molecule has 13 nitrogen and oxygen atoms in total. The Hall–Kier alpha value is -4.56. The molecule has 0 aliphatic heterocycles. The lowest BCUT2D eigenvalue weighted by molar-refractivity contribution is -0.143. The van der Waals surface area contributed by atoms with Crippen LogP contribution in [0.25, 0.3) is 0 Å². The number of Topliss-reactive ketones (excluding diaryl/α,β-unsaturated/α-hetero) is 1. The Morgan fingerprint density at radius 3 is 1.75 bits per heavy atom. The zero-order chi connectivity index (χ0) is 37.7. The van der Waals surface area contributed by atoms with Crippen molar-refractivity contribution in [1.29, 1.82) is 0 Å². The number of ketones is 1. The fraction of sp³-hybridized carbons (Fsp3) is 0.324. The molecule has 1 heterocycles. The van der Waals surface area contributed by atoms with Gasteiger partial charge in [0.05, 0.1) is 37.1 Å². The van der Waals surface area contributed by atoms with E-state index >= 15 is 0 Å². The van der Waals surface area contributed by atoms with E-state index in [-0.39, 0.29) is 19.6 Å². The largest absolute Gasteiger partial charge is 0.382 e. The summed E-state index contributed by atoms with van der Waals surface area (Å²) in [5.41, 5.74) is -1.56. The Labute approximate surface area is 306 Å². The molecular weight excluding hydrogens is 707 g/mol. The summed E-state index contributed by atoms with van der Waals surface area (Å²) in [5.74, 6) is -2.89. The van der Waals surface area contributed by atoms with Gasteiger partial charge in [-0.1, -0.05) is 66.7 Å². The molecule has 276 valence electrons. The Bertz CT molecular complexity index is 1800. The van der Waals surface area contributed by atoms with Crippen LogP contribution in [0.2, 0.25) is 0 Å². The van der Waals surface area contributed by atoms with Crippen molar-refractivity contribution in [2.45, 2.75) is 44.0 Å². The molecule has 0 saturated heterocycles. The predicted octanol–water partition coefficient (Wildman–Crippen LogP) is 2.32. The first kappa shape index (κ1) is 40.2. The number of methoxy groups -OCH3 is 2. The number of carbonyl (C=O) groups excluding carboxylic acids is 4. The van der Waals surface area contributed by atoms with Crippen LogP contribution in [-0.4, -0.2) is 91.4 Å². The second kappa shape index (κ2) is 18.8. The minimum atomic E-state index is -3.78. The molecule has 0 spiro atoms. The van der Waals surface area contributed by atoms with Crippen molar-refractivity contribution in [3.63, 3.8) is 0 Å². The van der Waals surface area contributed by atoms with Gasteiger partial charge in [-0.25, -0.2) is 4.98 Å². The molecule has 0 bridgehead atoms. The van der Waals surface area contributed by atoms with Gasteiger partial charge in [0.15, 0.2) is 5.78 Å². The zero-order valence-electron chi connectivity index (χ0n) is 29.3. The highest BCUT2D eigenvalue weighted by Crippen LogP contribution is 2.45. The van der Waals surface area contributed by atoms with Gasteiger partial charge in [-0.2, -0.15) is 0 Å². The van der Waals surface area contributed by atoms with Crippen LogP contribution in [-0.2, 0) is 39.4 Å². The number of carbonyl (C=O) groups is 4. The monoisotopic (exact) mass is 750 g/mol. The van der Waals surface area contributed by atoms with Crippen LogP contribution in [0.5, 0.6) is 0 Å². The third kappa shape index (κ3) is 10.7. The molecule has 1 aromatic heterocycles. The van der Waals surface area contributed by atoms with Gasteiger partial charge in [0.1, 0.15) is 22.6 Å². The summed E-state index contributed by atoms with van der Waals surface area (Å²) in [4.78, 5) is 58.4. The maximum atomic E-state index is 14.4. The number of ether oxygens (including phenoxy) is 2. The van der Waals surface area contributed by atoms with E-state index in [4.69, 9.17) is 14.0 Å². The maximum absolute atomic E-state index is 14.4. The van der Waals surface area contributed by atoms with Gasteiger partial charge in [-0.05, 0) is 50.1 Å². The minimum absolute atomic E-state index is 0.0269. The number of aromatic nitrogens is 1. The Morgan fingerprint density at radius 2 is 1.27 bits per heavy atom. The quantitative estimate of drug-likeness (QED) is 0.104. The molecular formula is C37H43N4O9PS. The first-order valence-corrected chi connectivity index (χ1v) is 18.8. The van der Waals surface area contributed by atoms with E-state index in [0.717, 1.165) is 11.3 Å². The molecule has 0 radical (unpaired) electrons. The summed E-state index contributed by atoms with van der Waals surface area (Å²) in [6.45, 7) is 1.82. The molecule has 15 heteroatoms. The van der Waals surface area contributed by atoms with Gasteiger partial charge in [-0.3, -0.25) is 23.7 Å². The lowest BCUT2D eigenvalue weighted by Gasteiger charge is -2.31. The Morgan fingerprint density at radius 1 is 0.788 bits per heavy atom. The molecule has 4 atom stereocenters. The molecule has 0 aliphatic carbocycles. The highest BCUT2D eigenvalue weighted by molar-refractivity contribution is 7.74. The van der Waals surface area contributed by atoms with Crippen molar-refractivity contribution in [3.8, 4) is 0 Å². The average molecular weight is 751 g/mol. The van der Waals surface area contributed by atoms with E-state index in [1.807, 2.05) is 0 Å². The normalized spacial score (nSPS) is 14.3. The molecule has 3 aromatic carbocycles. The van der Waals surface area contributed by atoms with Crippen LogP contribution in [0, 0.1) is 6.92 Å². The molecule has 0 saturated carbocycles. The number of hydrogen-bond acceptors (Lipinski definition) is 11. The van der Waals surface area contributed by atoms with Crippen LogP contribution in [0.15, 0.2) is 97.2 Å². The van der Waals surface area contributed by atoms with Gasteiger partial charge in [0, 0.05) is 24.8 Å². The Balaban J connectivity index is 1.54. The Kier molecular flexibility index (Phi) is 14.5. The van der Waals surface area contributed by atoms with Crippen LogP contribution in [0.4, 0.5) is 0 Å². The lowest BCUT2D eigenvalue weighted by atomic mass is 9.91. The standard InChI is InChI=1S/C37H43N4O9PS/c1-25-38-21-32(52-25)36(45)41-31(23-49-4)35(44)40-30(22-48-3)34(43)39-29(20-26-14-8-5-9-15-26)33(42)37(2,46)24-50-51(47,27-16-10-6-11-17-27)28-18-12-7-13-19-28/h5-19,21,29-31,46H,20,22-24H2,1-4H3,(H,39,43)(H,40,44)(H,41,45)/t29-,30-,31-,37?/m0/s1. The SMILES string of the molecule is COC[C@H](NC(=O)c1cnc(C)s1)C(=O)N[C@@H](COC)C(=O)N[C@@H](Cc1ccccc1)C(=O)C(C)(O)COP(=O)(c1ccccc1)c1ccccc1. The number of hydrogen-bond donors (Lipinski definition) is 4. The van der Waals surface area contributed by atoms with Crippen LogP contribution in [0.3, 0.4) is 0 Å². The molecule has 4 rings (SSSR count). The number of nitrogens with one attached hydrogen (secondary N) is 3. The fourth-order valence-electron chi connectivity index (χ4n) is 5.21. The van der Waals surface area contributed by atoms with Gasteiger partial charge in [0.2, 0.25) is 11.8 Å². The van der Waals surface area contributed by atoms with Crippen LogP contribution < -0.4 is 26.6 Å². The average Bonchev–Trinajstić information content (AvgIpc) is 3.60. The van der Waals surface area contributed by atoms with Crippen molar-refractivity contribution in [2.75, 3.05) is 34.0 Å². The van der Waals surface area contributed by atoms with Gasteiger partial charge in [0.25, 0.3) is 13.3 Å². The minimum Gasteiger partial charge on any atom is -0.382 e. The summed E-state index contributed by atoms with van der Waals surface area (Å²) in [6.07, 6.45) is 1.37. The van der Waals surface area contributed by atoms with E-state index in [2.05, 4.69) is 20.9 Å². The number of aliphatic hydroxyl groups is 1. The van der Waals surface area contributed by atoms with E-state index in [1.54, 1.807) is 97.9 Å². The second-order valence-corrected chi connectivity index (χ2v) is 15.8. The first-order chi connectivity index (χ1) is 24.9. The molecule has 4 N–H and O–H groups in total. The van der Waals surface area contributed by atoms with Crippen molar-refractivity contribution in [1.82, 2.24) is 20.9 Å². The zero-order valence-corrected chi connectivity index (χ0v) is 31.0. The smallest absolute Gasteiger partial charge is 0.263 e. The number of rotatable bonds is 19. The van der Waals surface area contributed by atoms with E-state index in [1.165, 1.54) is 27.3 Å². The highest BCUT2D eigenvalue weighted by Gasteiger charge is 2.41. The van der Waals surface area contributed by atoms with Crippen molar-refractivity contribution < 1.29 is 42.8 Å². The number of thiazole rings is 1. The summed E-state index contributed by atoms with van der Waals surface area (Å²) in [6, 6.07) is 22.0. The van der Waals surface area contributed by atoms with E-state index < -0.39 is 61.2 Å². The third-order valence-corrected chi connectivity index (χ3v) is 11.3. The van der Waals surface area contributed by atoms with Crippen molar-refractivity contribution in [2.24, 2.45) is 0 Å². The van der Waals surface area contributed by atoms with Gasteiger partial charge in [-0.15, -0.1) is 11.3 Å². The van der Waals surface area contributed by atoms with E-state index in [0.29, 0.717) is 26.1 Å². The van der Waals surface area contributed by atoms with Gasteiger partial charge < -0.3 is 35.1 Å². The third-order valence-electron chi connectivity index (χ3n) is 7.93. The fourth-order valence-corrected chi connectivity index (χ4v) is 8.05. The lowest BCUT2D eigenvalue weighted by Crippen LogP contribution is -2.60. The van der Waals surface area contributed by atoms with Crippen LogP contribution in [0.1, 0.15) is 27.2 Å². The molecule has 4 aromatic rings. The molecule has 3 amide bonds. The first-order valence-electron chi connectivity index (χ1n) is 16.4. The summed E-state index contributed by atoms with van der Waals surface area (Å²) < 4.78 is 30.8. The summed E-state index contributed by atoms with van der Waals surface area (Å²) in [7, 11) is -1.09. The molecule has 0 fully saturated rings. The number of benzene rings is 3. The number of amides is 3. The van der Waals surface area contributed by atoms with Crippen LogP contribution >= 0.6 is 18.7 Å².